The minimum absolute atomic E-state index is 0.579. The SMILES string of the molecule is COc1ccc(Nc2ncc3c(n2)CCN(Cc2ccc(N(C)C)cc2)C3)c(OC)c1. The molecule has 1 aliphatic heterocycles. The second kappa shape index (κ2) is 9.22. The molecule has 3 aromatic rings. The van der Waals surface area contributed by atoms with E-state index < -0.39 is 0 Å². The molecule has 7 heteroatoms. The van der Waals surface area contributed by atoms with Crippen molar-refractivity contribution >= 4 is 17.3 Å². The lowest BCUT2D eigenvalue weighted by atomic mass is 10.1. The highest BCUT2D eigenvalue weighted by molar-refractivity contribution is 5.64. The first-order chi connectivity index (χ1) is 15.1. The first kappa shape index (κ1) is 20.9. The molecule has 0 radical (unpaired) electrons. The fourth-order valence-corrected chi connectivity index (χ4v) is 3.75. The van der Waals surface area contributed by atoms with Crippen LogP contribution < -0.4 is 19.7 Å². The summed E-state index contributed by atoms with van der Waals surface area (Å²) in [6.07, 6.45) is 2.84. The van der Waals surface area contributed by atoms with E-state index in [0.29, 0.717) is 11.7 Å². The van der Waals surface area contributed by atoms with Crippen LogP contribution in [0.2, 0.25) is 0 Å². The predicted molar refractivity (Wildman–Crippen MR) is 123 cm³/mol. The second-order valence-corrected chi connectivity index (χ2v) is 7.88. The van der Waals surface area contributed by atoms with Crippen molar-refractivity contribution in [3.05, 3.63) is 65.5 Å². The number of fused-ring (bicyclic) bond motifs is 1. The van der Waals surface area contributed by atoms with Gasteiger partial charge in [0.1, 0.15) is 11.5 Å². The van der Waals surface area contributed by atoms with Crippen LogP contribution in [0.25, 0.3) is 0 Å². The van der Waals surface area contributed by atoms with E-state index in [1.165, 1.54) is 16.8 Å². The van der Waals surface area contributed by atoms with Crippen LogP contribution in [0.5, 0.6) is 11.5 Å². The average Bonchev–Trinajstić information content (AvgIpc) is 2.79. The van der Waals surface area contributed by atoms with Crippen molar-refractivity contribution in [1.29, 1.82) is 0 Å². The van der Waals surface area contributed by atoms with Crippen LogP contribution in [-0.2, 0) is 19.5 Å². The van der Waals surface area contributed by atoms with Crippen LogP contribution in [0.1, 0.15) is 16.8 Å². The molecule has 0 aliphatic carbocycles. The zero-order valence-electron chi connectivity index (χ0n) is 18.6. The lowest BCUT2D eigenvalue weighted by Gasteiger charge is -2.28. The fourth-order valence-electron chi connectivity index (χ4n) is 3.75. The summed E-state index contributed by atoms with van der Waals surface area (Å²) in [6, 6.07) is 14.4. The molecule has 31 heavy (non-hydrogen) atoms. The van der Waals surface area contributed by atoms with E-state index in [1.807, 2.05) is 24.4 Å². The molecule has 7 nitrogen and oxygen atoms in total. The molecular formula is C24H29N5O2. The van der Waals surface area contributed by atoms with Crippen LogP contribution in [0.4, 0.5) is 17.3 Å². The molecule has 0 unspecified atom stereocenters. The number of nitrogens with zero attached hydrogens (tertiary/aromatic N) is 4. The molecule has 1 aromatic heterocycles. The quantitative estimate of drug-likeness (QED) is 0.624. The van der Waals surface area contributed by atoms with Crippen molar-refractivity contribution in [3.63, 3.8) is 0 Å². The van der Waals surface area contributed by atoms with Crippen LogP contribution in [0, 0.1) is 0 Å². The summed E-state index contributed by atoms with van der Waals surface area (Å²) in [7, 11) is 7.39. The Morgan fingerprint density at radius 1 is 1.06 bits per heavy atom. The van der Waals surface area contributed by atoms with E-state index in [0.717, 1.165) is 43.2 Å². The normalized spacial score (nSPS) is 13.4. The van der Waals surface area contributed by atoms with Gasteiger partial charge >= 0.3 is 0 Å². The highest BCUT2D eigenvalue weighted by Crippen LogP contribution is 2.31. The molecule has 0 bridgehead atoms. The zero-order chi connectivity index (χ0) is 21.8. The Morgan fingerprint density at radius 3 is 2.58 bits per heavy atom. The summed E-state index contributed by atoms with van der Waals surface area (Å²) >= 11 is 0. The molecule has 1 N–H and O–H groups in total. The molecule has 162 valence electrons. The smallest absolute Gasteiger partial charge is 0.227 e. The van der Waals surface area contributed by atoms with Crippen LogP contribution >= 0.6 is 0 Å². The van der Waals surface area contributed by atoms with Gasteiger partial charge in [0.2, 0.25) is 5.95 Å². The minimum Gasteiger partial charge on any atom is -0.497 e. The van der Waals surface area contributed by atoms with E-state index in [2.05, 4.69) is 58.5 Å². The summed E-state index contributed by atoms with van der Waals surface area (Å²) in [5, 5.41) is 3.27. The number of anilines is 3. The number of hydrogen-bond donors (Lipinski definition) is 1. The largest absolute Gasteiger partial charge is 0.497 e. The van der Waals surface area contributed by atoms with Gasteiger partial charge in [-0.15, -0.1) is 0 Å². The van der Waals surface area contributed by atoms with Gasteiger partial charge in [0.05, 0.1) is 25.6 Å². The third kappa shape index (κ3) is 4.88. The second-order valence-electron chi connectivity index (χ2n) is 7.88. The maximum absolute atomic E-state index is 5.46. The van der Waals surface area contributed by atoms with Crippen LogP contribution in [0.15, 0.2) is 48.7 Å². The predicted octanol–water partition coefficient (Wildman–Crippen LogP) is 3.86. The summed E-state index contributed by atoms with van der Waals surface area (Å²) in [5.74, 6) is 2.01. The lowest BCUT2D eigenvalue weighted by Crippen LogP contribution is -2.31. The number of nitrogens with one attached hydrogen (secondary N) is 1. The van der Waals surface area contributed by atoms with Crippen LogP contribution in [0.3, 0.4) is 0 Å². The molecule has 2 aromatic carbocycles. The Balaban J connectivity index is 1.43. The molecule has 1 aliphatic rings. The fraction of sp³-hybridized carbons (Fsp3) is 0.333. The molecule has 0 amide bonds. The number of hydrogen-bond acceptors (Lipinski definition) is 7. The average molecular weight is 420 g/mol. The van der Waals surface area contributed by atoms with Gasteiger partial charge in [0.15, 0.2) is 0 Å². The first-order valence-electron chi connectivity index (χ1n) is 10.4. The van der Waals surface area contributed by atoms with E-state index >= 15 is 0 Å². The Kier molecular flexibility index (Phi) is 6.23. The number of rotatable bonds is 7. The van der Waals surface area contributed by atoms with Gasteiger partial charge in [-0.1, -0.05) is 12.1 Å². The Morgan fingerprint density at radius 2 is 1.87 bits per heavy atom. The Bertz CT molecular complexity index is 1040. The van der Waals surface area contributed by atoms with Crippen molar-refractivity contribution < 1.29 is 9.47 Å². The van der Waals surface area contributed by atoms with Gasteiger partial charge in [0.25, 0.3) is 0 Å². The molecule has 2 heterocycles. The first-order valence-corrected chi connectivity index (χ1v) is 10.4. The minimum atomic E-state index is 0.579. The van der Waals surface area contributed by atoms with Crippen molar-refractivity contribution in [2.24, 2.45) is 0 Å². The Hall–Kier alpha value is -3.32. The molecule has 0 saturated heterocycles. The van der Waals surface area contributed by atoms with Gasteiger partial charge < -0.3 is 19.7 Å². The summed E-state index contributed by atoms with van der Waals surface area (Å²) in [6.45, 7) is 2.76. The topological polar surface area (TPSA) is 62.8 Å². The number of ether oxygens (including phenoxy) is 2. The van der Waals surface area contributed by atoms with Crippen LogP contribution in [-0.4, -0.2) is 49.7 Å². The van der Waals surface area contributed by atoms with E-state index in [-0.39, 0.29) is 0 Å². The number of aromatic nitrogens is 2. The highest BCUT2D eigenvalue weighted by atomic mass is 16.5. The molecular weight excluding hydrogens is 390 g/mol. The maximum atomic E-state index is 5.46. The standard InChI is InChI=1S/C24H29N5O2/c1-28(2)19-7-5-17(6-8-19)15-29-12-11-21-18(16-29)14-25-24(26-21)27-22-10-9-20(30-3)13-23(22)31-4/h5-10,13-14H,11-12,15-16H2,1-4H3,(H,25,26,27). The van der Waals surface area contributed by atoms with Crippen molar-refractivity contribution in [2.75, 3.05) is 45.1 Å². The van der Waals surface area contributed by atoms with Crippen molar-refractivity contribution in [3.8, 4) is 11.5 Å². The van der Waals surface area contributed by atoms with E-state index in [4.69, 9.17) is 14.5 Å². The van der Waals surface area contributed by atoms with Gasteiger partial charge in [0, 0.05) is 63.7 Å². The Labute approximate surface area is 183 Å². The zero-order valence-corrected chi connectivity index (χ0v) is 18.6. The summed E-state index contributed by atoms with van der Waals surface area (Å²) < 4.78 is 10.7. The van der Waals surface area contributed by atoms with Gasteiger partial charge in [-0.25, -0.2) is 9.97 Å². The summed E-state index contributed by atoms with van der Waals surface area (Å²) in [5.41, 5.74) is 5.63. The highest BCUT2D eigenvalue weighted by Gasteiger charge is 2.19. The van der Waals surface area contributed by atoms with Crippen molar-refractivity contribution in [2.45, 2.75) is 19.5 Å². The lowest BCUT2D eigenvalue weighted by molar-refractivity contribution is 0.243. The number of methoxy groups -OCH3 is 2. The molecule has 4 rings (SSSR count). The van der Waals surface area contributed by atoms with E-state index in [1.54, 1.807) is 14.2 Å². The van der Waals surface area contributed by atoms with Crippen molar-refractivity contribution in [1.82, 2.24) is 14.9 Å². The maximum Gasteiger partial charge on any atom is 0.227 e. The monoisotopic (exact) mass is 419 g/mol. The van der Waals surface area contributed by atoms with Gasteiger partial charge in [-0.05, 0) is 29.8 Å². The number of benzene rings is 2. The summed E-state index contributed by atoms with van der Waals surface area (Å²) in [4.78, 5) is 13.9. The molecule has 0 atom stereocenters. The third-order valence-electron chi connectivity index (χ3n) is 5.53. The van der Waals surface area contributed by atoms with Gasteiger partial charge in [-0.2, -0.15) is 0 Å². The molecule has 0 spiro atoms. The molecule has 0 fully saturated rings. The van der Waals surface area contributed by atoms with E-state index in [9.17, 15) is 0 Å². The molecule has 0 saturated carbocycles. The third-order valence-corrected chi connectivity index (χ3v) is 5.53. The van der Waals surface area contributed by atoms with Gasteiger partial charge in [-0.3, -0.25) is 4.90 Å².